The molecular formula is C11H12N2O4. The van der Waals surface area contributed by atoms with Gasteiger partial charge in [0, 0.05) is 11.6 Å². The largest absolute Gasteiger partial charge is 0.474 e. The molecule has 90 valence electrons. The van der Waals surface area contributed by atoms with Gasteiger partial charge in [-0.2, -0.15) is 0 Å². The standard InChI is InChI=1S/C11H12N2O4/c1-6-9(7-4-17-5-7)2-8(3-12-6)13-10(14)11(15)16/h2-3,7H,4-5H2,1H3,(H,13,14)(H,15,16). The highest BCUT2D eigenvalue weighted by molar-refractivity contribution is 6.36. The van der Waals surface area contributed by atoms with Gasteiger partial charge in [-0.1, -0.05) is 0 Å². The molecule has 1 aliphatic heterocycles. The Morgan fingerprint density at radius 3 is 2.76 bits per heavy atom. The number of anilines is 1. The number of aliphatic carboxylic acids is 1. The first-order valence-electron chi connectivity index (χ1n) is 5.16. The third-order valence-corrected chi connectivity index (χ3v) is 2.66. The SMILES string of the molecule is Cc1ncc(NC(=O)C(=O)O)cc1C1COC1. The molecule has 2 N–H and O–H groups in total. The van der Waals surface area contributed by atoms with E-state index >= 15 is 0 Å². The number of carbonyl (C=O) groups is 2. The molecule has 1 aromatic heterocycles. The number of ether oxygens (including phenoxy) is 1. The van der Waals surface area contributed by atoms with E-state index in [2.05, 4.69) is 10.3 Å². The molecule has 6 heteroatoms. The van der Waals surface area contributed by atoms with Crippen molar-refractivity contribution < 1.29 is 19.4 Å². The van der Waals surface area contributed by atoms with E-state index in [9.17, 15) is 9.59 Å². The van der Waals surface area contributed by atoms with Gasteiger partial charge in [0.05, 0.1) is 25.1 Å². The smallest absolute Gasteiger partial charge is 0.394 e. The van der Waals surface area contributed by atoms with Crippen LogP contribution >= 0.6 is 0 Å². The Hall–Kier alpha value is -1.95. The Kier molecular flexibility index (Phi) is 3.06. The van der Waals surface area contributed by atoms with E-state index in [0.717, 1.165) is 11.3 Å². The van der Waals surface area contributed by atoms with E-state index in [1.807, 2.05) is 6.92 Å². The van der Waals surface area contributed by atoms with Gasteiger partial charge in [0.25, 0.3) is 0 Å². The zero-order chi connectivity index (χ0) is 12.4. The Balaban J connectivity index is 2.18. The number of aryl methyl sites for hydroxylation is 1. The number of carboxylic acids is 1. The van der Waals surface area contributed by atoms with Crippen LogP contribution < -0.4 is 5.32 Å². The van der Waals surface area contributed by atoms with E-state index in [1.165, 1.54) is 6.20 Å². The molecule has 1 aliphatic rings. The molecule has 0 atom stereocenters. The zero-order valence-electron chi connectivity index (χ0n) is 9.27. The molecule has 0 aromatic carbocycles. The number of aromatic nitrogens is 1. The van der Waals surface area contributed by atoms with Gasteiger partial charge in [-0.15, -0.1) is 0 Å². The maximum Gasteiger partial charge on any atom is 0.394 e. The molecule has 2 rings (SSSR count). The summed E-state index contributed by atoms with van der Waals surface area (Å²) >= 11 is 0. The molecule has 1 amide bonds. The quantitative estimate of drug-likeness (QED) is 0.731. The van der Waals surface area contributed by atoms with Crippen LogP contribution in [-0.4, -0.2) is 35.2 Å². The Morgan fingerprint density at radius 1 is 1.53 bits per heavy atom. The van der Waals surface area contributed by atoms with E-state index in [-0.39, 0.29) is 5.92 Å². The van der Waals surface area contributed by atoms with Crippen molar-refractivity contribution in [2.24, 2.45) is 0 Å². The lowest BCUT2D eigenvalue weighted by Gasteiger charge is -2.27. The molecule has 1 aromatic rings. The summed E-state index contributed by atoms with van der Waals surface area (Å²) in [7, 11) is 0. The highest BCUT2D eigenvalue weighted by Gasteiger charge is 2.23. The minimum Gasteiger partial charge on any atom is -0.474 e. The van der Waals surface area contributed by atoms with Crippen LogP contribution in [0.1, 0.15) is 17.2 Å². The number of pyridine rings is 1. The van der Waals surface area contributed by atoms with Gasteiger partial charge in [-0.25, -0.2) is 4.79 Å². The van der Waals surface area contributed by atoms with Crippen LogP contribution in [0.25, 0.3) is 0 Å². The fourth-order valence-corrected chi connectivity index (χ4v) is 1.63. The average molecular weight is 236 g/mol. The zero-order valence-corrected chi connectivity index (χ0v) is 9.27. The summed E-state index contributed by atoms with van der Waals surface area (Å²) in [4.78, 5) is 25.5. The van der Waals surface area contributed by atoms with Gasteiger partial charge < -0.3 is 15.2 Å². The van der Waals surface area contributed by atoms with Crippen LogP contribution in [0.15, 0.2) is 12.3 Å². The number of nitrogens with zero attached hydrogens (tertiary/aromatic N) is 1. The average Bonchev–Trinajstić information content (AvgIpc) is 2.20. The maximum atomic E-state index is 11.0. The van der Waals surface area contributed by atoms with E-state index < -0.39 is 11.9 Å². The molecular weight excluding hydrogens is 224 g/mol. The van der Waals surface area contributed by atoms with Crippen molar-refractivity contribution in [3.63, 3.8) is 0 Å². The Morgan fingerprint density at radius 2 is 2.24 bits per heavy atom. The second kappa shape index (κ2) is 4.50. The molecule has 0 spiro atoms. The summed E-state index contributed by atoms with van der Waals surface area (Å²) in [6.07, 6.45) is 1.44. The Labute approximate surface area is 97.6 Å². The van der Waals surface area contributed by atoms with Crippen molar-refractivity contribution in [1.82, 2.24) is 4.98 Å². The van der Waals surface area contributed by atoms with Crippen LogP contribution in [-0.2, 0) is 14.3 Å². The third-order valence-electron chi connectivity index (χ3n) is 2.66. The summed E-state index contributed by atoms with van der Waals surface area (Å²) in [6.45, 7) is 3.15. The van der Waals surface area contributed by atoms with E-state index in [0.29, 0.717) is 18.9 Å². The number of nitrogens with one attached hydrogen (secondary N) is 1. The first kappa shape index (κ1) is 11.5. The van der Waals surface area contributed by atoms with E-state index in [1.54, 1.807) is 6.07 Å². The maximum absolute atomic E-state index is 11.0. The first-order chi connectivity index (χ1) is 8.08. The van der Waals surface area contributed by atoms with Crippen molar-refractivity contribution in [3.8, 4) is 0 Å². The predicted octanol–water partition coefficient (Wildman–Crippen LogP) is 0.527. The monoisotopic (exact) mass is 236 g/mol. The van der Waals surface area contributed by atoms with Crippen molar-refractivity contribution >= 4 is 17.6 Å². The molecule has 1 fully saturated rings. The van der Waals surface area contributed by atoms with Crippen LogP contribution in [0.4, 0.5) is 5.69 Å². The molecule has 0 saturated carbocycles. The fraction of sp³-hybridized carbons (Fsp3) is 0.364. The fourth-order valence-electron chi connectivity index (χ4n) is 1.63. The Bertz CT molecular complexity index is 469. The van der Waals surface area contributed by atoms with Crippen molar-refractivity contribution in [2.75, 3.05) is 18.5 Å². The summed E-state index contributed by atoms with van der Waals surface area (Å²) in [6, 6.07) is 1.75. The highest BCUT2D eigenvalue weighted by Crippen LogP contribution is 2.27. The van der Waals surface area contributed by atoms with Crippen LogP contribution in [0.5, 0.6) is 0 Å². The van der Waals surface area contributed by atoms with Crippen molar-refractivity contribution in [3.05, 3.63) is 23.5 Å². The number of amides is 1. The molecule has 1 saturated heterocycles. The van der Waals surface area contributed by atoms with Gasteiger partial charge in [0.2, 0.25) is 0 Å². The van der Waals surface area contributed by atoms with Gasteiger partial charge in [0.1, 0.15) is 0 Å². The van der Waals surface area contributed by atoms with Crippen molar-refractivity contribution in [2.45, 2.75) is 12.8 Å². The van der Waals surface area contributed by atoms with Crippen molar-refractivity contribution in [1.29, 1.82) is 0 Å². The van der Waals surface area contributed by atoms with Crippen LogP contribution in [0.2, 0.25) is 0 Å². The third kappa shape index (κ3) is 2.42. The molecule has 6 nitrogen and oxygen atoms in total. The molecule has 0 radical (unpaired) electrons. The number of carboxylic acid groups (broad SMARTS) is 1. The lowest BCUT2D eigenvalue weighted by molar-refractivity contribution is -0.147. The van der Waals surface area contributed by atoms with Gasteiger partial charge in [-0.05, 0) is 18.6 Å². The number of hydrogen-bond donors (Lipinski definition) is 2. The number of carbonyl (C=O) groups excluding carboxylic acids is 1. The van der Waals surface area contributed by atoms with Crippen LogP contribution in [0, 0.1) is 6.92 Å². The summed E-state index contributed by atoms with van der Waals surface area (Å²) < 4.78 is 5.09. The summed E-state index contributed by atoms with van der Waals surface area (Å²) in [5.41, 5.74) is 2.25. The summed E-state index contributed by atoms with van der Waals surface area (Å²) in [5.74, 6) is -2.30. The second-order valence-corrected chi connectivity index (χ2v) is 3.89. The number of hydrogen-bond acceptors (Lipinski definition) is 4. The normalized spacial score (nSPS) is 15.1. The van der Waals surface area contributed by atoms with Crippen LogP contribution in [0.3, 0.4) is 0 Å². The molecule has 0 bridgehead atoms. The van der Waals surface area contributed by atoms with Gasteiger partial charge in [-0.3, -0.25) is 9.78 Å². The molecule has 17 heavy (non-hydrogen) atoms. The first-order valence-corrected chi connectivity index (χ1v) is 5.16. The lowest BCUT2D eigenvalue weighted by atomic mass is 9.96. The molecule has 2 heterocycles. The minimum absolute atomic E-state index is 0.282. The minimum atomic E-state index is -1.51. The highest BCUT2D eigenvalue weighted by atomic mass is 16.5. The van der Waals surface area contributed by atoms with Gasteiger partial charge >= 0.3 is 11.9 Å². The predicted molar refractivity (Wildman–Crippen MR) is 58.8 cm³/mol. The lowest BCUT2D eigenvalue weighted by Crippen LogP contribution is -2.27. The van der Waals surface area contributed by atoms with Gasteiger partial charge in [0.15, 0.2) is 0 Å². The molecule has 0 aliphatic carbocycles. The topological polar surface area (TPSA) is 88.5 Å². The summed E-state index contributed by atoms with van der Waals surface area (Å²) in [5, 5.41) is 10.8. The second-order valence-electron chi connectivity index (χ2n) is 3.89. The number of rotatable bonds is 2. The molecule has 0 unspecified atom stereocenters. The van der Waals surface area contributed by atoms with E-state index in [4.69, 9.17) is 9.84 Å².